The number of benzene rings is 2. The van der Waals surface area contributed by atoms with Crippen molar-refractivity contribution >= 4 is 52.4 Å². The molecule has 0 amide bonds. The van der Waals surface area contributed by atoms with Gasteiger partial charge in [0.15, 0.2) is 5.75 Å². The van der Waals surface area contributed by atoms with E-state index in [4.69, 9.17) is 60.6 Å². The van der Waals surface area contributed by atoms with Crippen molar-refractivity contribution in [3.05, 3.63) is 67.6 Å². The maximum atomic E-state index is 12.9. The summed E-state index contributed by atoms with van der Waals surface area (Å²) in [4.78, 5) is 12.0. The highest BCUT2D eigenvalue weighted by Gasteiger charge is 2.37. The van der Waals surface area contributed by atoms with Crippen LogP contribution in [0.25, 0.3) is 0 Å². The highest BCUT2D eigenvalue weighted by atomic mass is 35.5. The van der Waals surface area contributed by atoms with Gasteiger partial charge in [-0.25, -0.2) is 4.79 Å². The quantitative estimate of drug-likeness (QED) is 0.168. The van der Waals surface area contributed by atoms with Gasteiger partial charge in [-0.1, -0.05) is 46.4 Å². The van der Waals surface area contributed by atoms with E-state index in [-0.39, 0.29) is 64.7 Å². The second-order valence-corrected chi connectivity index (χ2v) is 8.48. The third-order valence-electron chi connectivity index (χ3n) is 4.05. The summed E-state index contributed by atoms with van der Waals surface area (Å²) in [6.07, 6.45) is -8.76. The Bertz CT molecular complexity index is 1030. The molecule has 192 valence electrons. The third-order valence-corrected chi connectivity index (χ3v) is 4.92. The van der Waals surface area contributed by atoms with Gasteiger partial charge in [0.1, 0.15) is 16.8 Å². The molecule has 0 aliphatic carbocycles. The zero-order chi connectivity index (χ0) is 26.4. The first-order valence-corrected chi connectivity index (χ1v) is 10.9. The molecule has 0 heterocycles. The van der Waals surface area contributed by atoms with Crippen LogP contribution in [0, 0.1) is 0 Å². The number of carbonyl (C=O) groups excluding carboxylic acids is 1. The van der Waals surface area contributed by atoms with Crippen LogP contribution in [0.4, 0.5) is 26.3 Å². The Labute approximate surface area is 215 Å². The van der Waals surface area contributed by atoms with E-state index in [1.165, 1.54) is 18.2 Å². The molecular formula is C21H14Cl4F6O4. The van der Waals surface area contributed by atoms with Gasteiger partial charge >= 0.3 is 18.3 Å². The van der Waals surface area contributed by atoms with Crippen LogP contribution in [0.2, 0.25) is 10.0 Å². The molecule has 35 heavy (non-hydrogen) atoms. The van der Waals surface area contributed by atoms with E-state index in [1.807, 2.05) is 0 Å². The van der Waals surface area contributed by atoms with Crippen molar-refractivity contribution in [2.24, 2.45) is 0 Å². The van der Waals surface area contributed by atoms with Crippen LogP contribution in [-0.4, -0.2) is 25.8 Å². The lowest BCUT2D eigenvalue weighted by atomic mass is 10.0. The van der Waals surface area contributed by atoms with Crippen molar-refractivity contribution < 1.29 is 45.3 Å². The van der Waals surface area contributed by atoms with E-state index in [1.54, 1.807) is 0 Å². The number of alkyl halides is 6. The van der Waals surface area contributed by atoms with Gasteiger partial charge in [0, 0.05) is 18.6 Å². The average Bonchev–Trinajstić information content (AvgIpc) is 2.73. The number of halogens is 10. The predicted molar refractivity (Wildman–Crippen MR) is 119 cm³/mol. The largest absolute Gasteiger partial charge is 0.490 e. The van der Waals surface area contributed by atoms with Crippen LogP contribution >= 0.6 is 46.4 Å². The van der Waals surface area contributed by atoms with Crippen LogP contribution in [0.15, 0.2) is 40.9 Å². The van der Waals surface area contributed by atoms with Crippen molar-refractivity contribution in [1.29, 1.82) is 0 Å². The molecule has 0 N–H and O–H groups in total. The molecule has 0 aromatic heterocycles. The minimum atomic E-state index is -5.09. The molecule has 0 radical (unpaired) electrons. The van der Waals surface area contributed by atoms with Crippen molar-refractivity contribution in [1.82, 2.24) is 0 Å². The molecule has 4 nitrogen and oxygen atoms in total. The number of hydrogen-bond donors (Lipinski definition) is 0. The third kappa shape index (κ3) is 9.18. The molecule has 0 aliphatic rings. The van der Waals surface area contributed by atoms with Gasteiger partial charge in [0.05, 0.1) is 39.9 Å². The maximum absolute atomic E-state index is 12.9. The second-order valence-electron chi connectivity index (χ2n) is 6.65. The summed E-state index contributed by atoms with van der Waals surface area (Å²) in [5.74, 6) is -0.970. The average molecular weight is 586 g/mol. The number of carbonyl (C=O) groups is 1. The second kappa shape index (κ2) is 12.3. The van der Waals surface area contributed by atoms with Crippen molar-refractivity contribution in [3.8, 4) is 11.5 Å². The lowest BCUT2D eigenvalue weighted by Gasteiger charge is -2.14. The van der Waals surface area contributed by atoms with Crippen LogP contribution in [0.1, 0.15) is 27.9 Å². The van der Waals surface area contributed by atoms with Crippen molar-refractivity contribution in [2.45, 2.75) is 18.8 Å². The van der Waals surface area contributed by atoms with Gasteiger partial charge in [-0.15, -0.1) is 0 Å². The van der Waals surface area contributed by atoms with E-state index in [2.05, 4.69) is 0 Å². The summed E-state index contributed by atoms with van der Waals surface area (Å²) in [6, 6.07) is 3.30. The van der Waals surface area contributed by atoms with Crippen LogP contribution < -0.4 is 9.47 Å². The predicted octanol–water partition coefficient (Wildman–Crippen LogP) is 8.35. The smallest absolute Gasteiger partial charge is 0.416 e. The van der Waals surface area contributed by atoms with Crippen molar-refractivity contribution in [2.75, 3.05) is 19.8 Å². The zero-order valence-electron chi connectivity index (χ0n) is 17.2. The monoisotopic (exact) mass is 584 g/mol. The van der Waals surface area contributed by atoms with Gasteiger partial charge in [0.2, 0.25) is 0 Å². The van der Waals surface area contributed by atoms with E-state index in [9.17, 15) is 31.1 Å². The molecule has 0 aliphatic heterocycles. The molecule has 0 unspecified atom stereocenters. The standard InChI is InChI=1S/C21H14Cl4F6O4/c22-15-9-14(33-5-2-17(24)25)10-16(23)18(15)34-3-1-4-35-19(32)11-6-12(20(26,27)28)8-13(7-11)21(29,30)31/h2,6-10H,1,3-5H2. The summed E-state index contributed by atoms with van der Waals surface area (Å²) in [5, 5.41) is 0.184. The minimum Gasteiger partial charge on any atom is -0.490 e. The van der Waals surface area contributed by atoms with Crippen LogP contribution in [0.3, 0.4) is 0 Å². The fourth-order valence-electron chi connectivity index (χ4n) is 2.51. The maximum Gasteiger partial charge on any atom is 0.416 e. The number of rotatable bonds is 9. The van der Waals surface area contributed by atoms with Crippen molar-refractivity contribution in [3.63, 3.8) is 0 Å². The normalized spacial score (nSPS) is 11.7. The first kappa shape index (κ1) is 29.2. The van der Waals surface area contributed by atoms with Gasteiger partial charge in [-0.05, 0) is 24.3 Å². The topological polar surface area (TPSA) is 44.8 Å². The molecule has 2 rings (SSSR count). The molecule has 2 aromatic rings. The Morgan fingerprint density at radius 2 is 1.37 bits per heavy atom. The Hall–Kier alpha value is -2.01. The summed E-state index contributed by atoms with van der Waals surface area (Å²) in [6.45, 7) is -0.400. The molecule has 0 saturated heterocycles. The van der Waals surface area contributed by atoms with Crippen LogP contribution in [-0.2, 0) is 17.1 Å². The lowest BCUT2D eigenvalue weighted by molar-refractivity contribution is -0.143. The Kier molecular flexibility index (Phi) is 10.3. The van der Waals surface area contributed by atoms with E-state index in [0.29, 0.717) is 5.75 Å². The lowest BCUT2D eigenvalue weighted by Crippen LogP contribution is -2.15. The molecule has 2 aromatic carbocycles. The Balaban J connectivity index is 1.95. The fraction of sp³-hybridized carbons (Fsp3) is 0.286. The molecular weight excluding hydrogens is 572 g/mol. The van der Waals surface area contributed by atoms with E-state index in [0.717, 1.165) is 0 Å². The van der Waals surface area contributed by atoms with Crippen LogP contribution in [0.5, 0.6) is 11.5 Å². The first-order chi connectivity index (χ1) is 16.2. The first-order valence-electron chi connectivity index (χ1n) is 9.41. The summed E-state index contributed by atoms with van der Waals surface area (Å²) in [5.41, 5.74) is -4.14. The summed E-state index contributed by atoms with van der Waals surface area (Å²) in [7, 11) is 0. The summed E-state index contributed by atoms with van der Waals surface area (Å²) >= 11 is 23.1. The molecule has 0 fully saturated rings. The van der Waals surface area contributed by atoms with Gasteiger partial charge in [-0.2, -0.15) is 26.3 Å². The van der Waals surface area contributed by atoms with Gasteiger partial charge < -0.3 is 14.2 Å². The number of hydrogen-bond acceptors (Lipinski definition) is 4. The summed E-state index contributed by atoms with van der Waals surface area (Å²) < 4.78 is 93.0. The number of ether oxygens (including phenoxy) is 3. The Morgan fingerprint density at radius 3 is 1.86 bits per heavy atom. The minimum absolute atomic E-state index is 0.0108. The highest BCUT2D eigenvalue weighted by Crippen LogP contribution is 2.38. The van der Waals surface area contributed by atoms with Gasteiger partial charge in [-0.3, -0.25) is 0 Å². The van der Waals surface area contributed by atoms with E-state index >= 15 is 0 Å². The Morgan fingerprint density at radius 1 is 0.829 bits per heavy atom. The van der Waals surface area contributed by atoms with E-state index < -0.39 is 35.0 Å². The fourth-order valence-corrected chi connectivity index (χ4v) is 3.22. The van der Waals surface area contributed by atoms with Gasteiger partial charge in [0.25, 0.3) is 0 Å². The zero-order valence-corrected chi connectivity index (χ0v) is 20.2. The molecule has 14 heteroatoms. The SMILES string of the molecule is O=C(OCCCOc1c(Cl)cc(OCC=C(Cl)Cl)cc1Cl)c1cc(C(F)(F)F)cc(C(F)(F)F)c1. The highest BCUT2D eigenvalue weighted by molar-refractivity contribution is 6.55. The molecule has 0 bridgehead atoms. The number of esters is 1. The molecule has 0 atom stereocenters. The molecule has 0 saturated carbocycles. The molecule has 0 spiro atoms.